The van der Waals surface area contributed by atoms with Gasteiger partial charge >= 0.3 is 0 Å². The van der Waals surface area contributed by atoms with E-state index >= 15 is 0 Å². The molecule has 3 nitrogen and oxygen atoms in total. The van der Waals surface area contributed by atoms with Crippen molar-refractivity contribution in [3.63, 3.8) is 0 Å². The summed E-state index contributed by atoms with van der Waals surface area (Å²) in [4.78, 5) is 20.8. The molecule has 0 N–H and O–H groups in total. The van der Waals surface area contributed by atoms with Crippen molar-refractivity contribution in [3.8, 4) is 0 Å². The Kier molecular flexibility index (Phi) is 4.00. The average molecular weight is 272 g/mol. The molecule has 1 aromatic heterocycles. The number of carbonyl (C=O) groups excluding carboxylic acids is 1. The number of aryl methyl sites for hydroxylation is 3. The summed E-state index contributed by atoms with van der Waals surface area (Å²) in [6.07, 6.45) is 0.875. The van der Waals surface area contributed by atoms with Gasteiger partial charge in [0.15, 0.2) is 5.16 Å². The van der Waals surface area contributed by atoms with Crippen molar-refractivity contribution < 1.29 is 4.79 Å². The van der Waals surface area contributed by atoms with Gasteiger partial charge in [-0.15, -0.1) is 0 Å². The van der Waals surface area contributed by atoms with Crippen LogP contribution in [0.15, 0.2) is 28.3 Å². The van der Waals surface area contributed by atoms with Crippen LogP contribution in [0.3, 0.4) is 0 Å². The lowest BCUT2D eigenvalue weighted by Gasteiger charge is -2.07. The normalized spacial score (nSPS) is 10.5. The minimum Gasteiger partial charge on any atom is -0.298 e. The molecule has 0 aliphatic rings. The summed E-state index contributed by atoms with van der Waals surface area (Å²) in [6.45, 7) is 7.95. The summed E-state index contributed by atoms with van der Waals surface area (Å²) in [7, 11) is 0. The topological polar surface area (TPSA) is 42.9 Å². The molecule has 1 aromatic carbocycles. The zero-order valence-electron chi connectivity index (χ0n) is 11.5. The molecule has 2 aromatic rings. The van der Waals surface area contributed by atoms with Crippen LogP contribution in [0.2, 0.25) is 0 Å². The van der Waals surface area contributed by atoms with Gasteiger partial charge in [0.05, 0.1) is 0 Å². The molecule has 2 rings (SSSR count). The Labute approximate surface area is 117 Å². The highest BCUT2D eigenvalue weighted by Gasteiger charge is 2.07. The Balaban J connectivity index is 2.31. The van der Waals surface area contributed by atoms with E-state index in [-0.39, 0.29) is 0 Å². The van der Waals surface area contributed by atoms with Crippen molar-refractivity contribution >= 4 is 18.0 Å². The third-order valence-corrected chi connectivity index (χ3v) is 4.04. The van der Waals surface area contributed by atoms with E-state index in [9.17, 15) is 4.79 Å². The Hall–Kier alpha value is -1.68. The van der Waals surface area contributed by atoms with Crippen molar-refractivity contribution in [2.45, 2.75) is 37.7 Å². The van der Waals surface area contributed by atoms with E-state index in [4.69, 9.17) is 0 Å². The fraction of sp³-hybridized carbons (Fsp3) is 0.267. The van der Waals surface area contributed by atoms with Gasteiger partial charge in [-0.05, 0) is 62.7 Å². The summed E-state index contributed by atoms with van der Waals surface area (Å²) < 4.78 is 0. The molecule has 0 aliphatic carbocycles. The molecule has 0 amide bonds. The van der Waals surface area contributed by atoms with E-state index in [0.717, 1.165) is 44.4 Å². The molecule has 0 bridgehead atoms. The second-order valence-corrected chi connectivity index (χ2v) is 5.58. The van der Waals surface area contributed by atoms with E-state index < -0.39 is 0 Å². The third kappa shape index (κ3) is 3.01. The predicted molar refractivity (Wildman–Crippen MR) is 76.9 cm³/mol. The van der Waals surface area contributed by atoms with Crippen molar-refractivity contribution in [2.24, 2.45) is 0 Å². The van der Waals surface area contributed by atoms with Crippen LogP contribution in [0.1, 0.15) is 32.9 Å². The van der Waals surface area contributed by atoms with Crippen LogP contribution in [-0.4, -0.2) is 16.3 Å². The van der Waals surface area contributed by atoms with E-state index in [0.29, 0.717) is 0 Å². The van der Waals surface area contributed by atoms with Crippen LogP contribution in [0, 0.1) is 27.7 Å². The number of hydrogen-bond donors (Lipinski definition) is 0. The van der Waals surface area contributed by atoms with Crippen LogP contribution in [0.4, 0.5) is 0 Å². The molecule has 0 aliphatic heterocycles. The van der Waals surface area contributed by atoms with Gasteiger partial charge in [0.25, 0.3) is 0 Å². The Bertz CT molecular complexity index is 615. The monoisotopic (exact) mass is 272 g/mol. The van der Waals surface area contributed by atoms with Gasteiger partial charge in [0.1, 0.15) is 6.29 Å². The number of rotatable bonds is 3. The standard InChI is InChI=1S/C15H16N2OS/c1-9-7-14(6-5-13(9)8-18)19-15-16-11(3)10(2)12(4)17-15/h5-8H,1-4H3. The van der Waals surface area contributed by atoms with E-state index in [1.807, 2.05) is 45.9 Å². The van der Waals surface area contributed by atoms with Gasteiger partial charge in [-0.2, -0.15) is 0 Å². The van der Waals surface area contributed by atoms with Crippen LogP contribution in [0.25, 0.3) is 0 Å². The molecule has 1 heterocycles. The van der Waals surface area contributed by atoms with Crippen molar-refractivity contribution in [3.05, 3.63) is 46.3 Å². The summed E-state index contributed by atoms with van der Waals surface area (Å²) in [5.41, 5.74) is 4.85. The fourth-order valence-electron chi connectivity index (χ4n) is 1.74. The van der Waals surface area contributed by atoms with Gasteiger partial charge in [-0.1, -0.05) is 6.07 Å². The predicted octanol–water partition coefficient (Wildman–Crippen LogP) is 3.67. The molecule has 4 heteroatoms. The van der Waals surface area contributed by atoms with Gasteiger partial charge < -0.3 is 0 Å². The molecule has 0 unspecified atom stereocenters. The molecule has 0 fully saturated rings. The smallest absolute Gasteiger partial charge is 0.192 e. The third-order valence-electron chi connectivity index (χ3n) is 3.19. The number of nitrogens with zero attached hydrogens (tertiary/aromatic N) is 2. The number of aromatic nitrogens is 2. The van der Waals surface area contributed by atoms with Gasteiger partial charge in [-0.25, -0.2) is 9.97 Å². The van der Waals surface area contributed by atoms with Crippen LogP contribution >= 0.6 is 11.8 Å². The second kappa shape index (κ2) is 5.53. The molecule has 19 heavy (non-hydrogen) atoms. The average Bonchev–Trinajstić information content (AvgIpc) is 2.36. The lowest BCUT2D eigenvalue weighted by atomic mass is 10.1. The number of aldehydes is 1. The SMILES string of the molecule is Cc1cc(Sc2nc(C)c(C)c(C)n2)ccc1C=O. The maximum atomic E-state index is 10.8. The van der Waals surface area contributed by atoms with Crippen LogP contribution < -0.4 is 0 Å². The van der Waals surface area contributed by atoms with Crippen LogP contribution in [0.5, 0.6) is 0 Å². The van der Waals surface area contributed by atoms with Crippen LogP contribution in [-0.2, 0) is 0 Å². The summed E-state index contributed by atoms with van der Waals surface area (Å²) in [5.74, 6) is 0. The minimum atomic E-state index is 0.724. The highest BCUT2D eigenvalue weighted by molar-refractivity contribution is 7.99. The Morgan fingerprint density at radius 1 is 1.05 bits per heavy atom. The molecule has 0 spiro atoms. The highest BCUT2D eigenvalue weighted by Crippen LogP contribution is 2.27. The molecular formula is C15H16N2OS. The molecule has 98 valence electrons. The minimum absolute atomic E-state index is 0.724. The molecule has 0 atom stereocenters. The number of carbonyl (C=O) groups is 1. The van der Waals surface area contributed by atoms with Crippen molar-refractivity contribution in [1.82, 2.24) is 9.97 Å². The van der Waals surface area contributed by atoms with Gasteiger partial charge in [0.2, 0.25) is 0 Å². The maximum absolute atomic E-state index is 10.8. The zero-order chi connectivity index (χ0) is 14.0. The van der Waals surface area contributed by atoms with Gasteiger partial charge in [0, 0.05) is 21.8 Å². The molecular weight excluding hydrogens is 256 g/mol. The van der Waals surface area contributed by atoms with Gasteiger partial charge in [-0.3, -0.25) is 4.79 Å². The second-order valence-electron chi connectivity index (χ2n) is 4.54. The molecule has 0 radical (unpaired) electrons. The first-order valence-electron chi connectivity index (χ1n) is 6.07. The maximum Gasteiger partial charge on any atom is 0.192 e. The summed E-state index contributed by atoms with van der Waals surface area (Å²) in [6, 6.07) is 5.75. The molecule has 0 saturated carbocycles. The Morgan fingerprint density at radius 2 is 1.68 bits per heavy atom. The quantitative estimate of drug-likeness (QED) is 0.631. The number of benzene rings is 1. The lowest BCUT2D eigenvalue weighted by molar-refractivity contribution is 0.112. The largest absolute Gasteiger partial charge is 0.298 e. The van der Waals surface area contributed by atoms with Crippen molar-refractivity contribution in [2.75, 3.05) is 0 Å². The summed E-state index contributed by atoms with van der Waals surface area (Å²) >= 11 is 1.52. The van der Waals surface area contributed by atoms with E-state index in [1.54, 1.807) is 0 Å². The first-order chi connectivity index (χ1) is 9.01. The highest BCUT2D eigenvalue weighted by atomic mass is 32.2. The van der Waals surface area contributed by atoms with E-state index in [1.165, 1.54) is 11.8 Å². The fourth-order valence-corrected chi connectivity index (χ4v) is 2.68. The first kappa shape index (κ1) is 13.7. The zero-order valence-corrected chi connectivity index (χ0v) is 12.3. The summed E-state index contributed by atoms with van der Waals surface area (Å²) in [5, 5.41) is 0.749. The Morgan fingerprint density at radius 3 is 2.21 bits per heavy atom. The number of hydrogen-bond acceptors (Lipinski definition) is 4. The molecule has 0 saturated heterocycles. The first-order valence-corrected chi connectivity index (χ1v) is 6.88. The van der Waals surface area contributed by atoms with E-state index in [2.05, 4.69) is 9.97 Å². The van der Waals surface area contributed by atoms with Crippen molar-refractivity contribution in [1.29, 1.82) is 0 Å². The lowest BCUT2D eigenvalue weighted by Crippen LogP contribution is -1.98.